The van der Waals surface area contributed by atoms with E-state index in [2.05, 4.69) is 18.4 Å². The molecule has 1 atom stereocenters. The molecule has 1 amide bonds. The minimum Gasteiger partial charge on any atom is -0.481 e. The van der Waals surface area contributed by atoms with Crippen LogP contribution in [-0.4, -0.2) is 28.4 Å². The summed E-state index contributed by atoms with van der Waals surface area (Å²) in [5.74, 6) is -0.788. The number of carboxylic acids is 1. The maximum atomic E-state index is 12.7. The van der Waals surface area contributed by atoms with Gasteiger partial charge in [0.1, 0.15) is 0 Å². The van der Waals surface area contributed by atoms with Crippen molar-refractivity contribution in [2.45, 2.75) is 51.5 Å². The number of rotatable bonds is 4. The third-order valence-electron chi connectivity index (χ3n) is 5.06. The van der Waals surface area contributed by atoms with Gasteiger partial charge in [0.2, 0.25) is 5.91 Å². The van der Waals surface area contributed by atoms with Gasteiger partial charge in [0.15, 0.2) is 0 Å². The van der Waals surface area contributed by atoms with Gasteiger partial charge >= 0.3 is 5.97 Å². The fourth-order valence-corrected chi connectivity index (χ4v) is 4.52. The summed E-state index contributed by atoms with van der Waals surface area (Å²) in [5, 5.41) is 11.5. The Balaban J connectivity index is 1.77. The second kappa shape index (κ2) is 5.44. The Labute approximate surface area is 128 Å². The van der Waals surface area contributed by atoms with Crippen molar-refractivity contribution in [1.82, 2.24) is 4.90 Å². The minimum absolute atomic E-state index is 0.0146. The molecule has 3 rings (SSSR count). The van der Waals surface area contributed by atoms with E-state index in [1.54, 1.807) is 11.3 Å². The third kappa shape index (κ3) is 2.37. The summed E-state index contributed by atoms with van der Waals surface area (Å²) in [5.41, 5.74) is 0.477. The van der Waals surface area contributed by atoms with E-state index in [4.69, 9.17) is 0 Å². The first-order valence-corrected chi connectivity index (χ1v) is 8.54. The molecule has 5 heteroatoms. The average molecular weight is 307 g/mol. The summed E-state index contributed by atoms with van der Waals surface area (Å²) < 4.78 is 0. The van der Waals surface area contributed by atoms with Gasteiger partial charge < -0.3 is 10.0 Å². The van der Waals surface area contributed by atoms with Crippen LogP contribution in [0.5, 0.6) is 0 Å². The molecule has 0 radical (unpaired) electrons. The summed E-state index contributed by atoms with van der Waals surface area (Å²) in [6, 6.07) is 2.24. The van der Waals surface area contributed by atoms with E-state index in [1.807, 2.05) is 4.90 Å². The van der Waals surface area contributed by atoms with Crippen LogP contribution in [0.4, 0.5) is 0 Å². The van der Waals surface area contributed by atoms with Gasteiger partial charge in [-0.05, 0) is 42.7 Å². The van der Waals surface area contributed by atoms with Gasteiger partial charge in [0.05, 0.1) is 11.5 Å². The smallest absolute Gasteiger partial charge is 0.310 e. The van der Waals surface area contributed by atoms with Crippen molar-refractivity contribution < 1.29 is 14.7 Å². The molecule has 1 aromatic rings. The maximum absolute atomic E-state index is 12.7. The lowest BCUT2D eigenvalue weighted by Gasteiger charge is -2.41. The normalized spacial score (nSPS) is 23.3. The standard InChI is InChI=1S/C16H21NO3S/c1-2-12-11-5-9-21-13(11)4-8-17(12)14(18)10-16(15(19)20)6-3-7-16/h5,9,12H,2-4,6-8,10H2,1H3,(H,19,20). The van der Waals surface area contributed by atoms with Gasteiger partial charge in [-0.25, -0.2) is 0 Å². The zero-order valence-electron chi connectivity index (χ0n) is 12.3. The largest absolute Gasteiger partial charge is 0.481 e. The molecule has 1 saturated carbocycles. The van der Waals surface area contributed by atoms with Crippen molar-refractivity contribution in [3.8, 4) is 0 Å². The van der Waals surface area contributed by atoms with Crippen LogP contribution < -0.4 is 0 Å². The Morgan fingerprint density at radius 2 is 2.24 bits per heavy atom. The first kappa shape index (κ1) is 14.6. The molecular formula is C16H21NO3S. The fourth-order valence-electron chi connectivity index (χ4n) is 3.60. The van der Waals surface area contributed by atoms with Crippen molar-refractivity contribution in [2.24, 2.45) is 5.41 Å². The Bertz CT molecular complexity index is 562. The number of aliphatic carboxylic acids is 1. The van der Waals surface area contributed by atoms with Gasteiger partial charge in [-0.3, -0.25) is 9.59 Å². The number of amides is 1. The number of carboxylic acid groups (broad SMARTS) is 1. The molecular weight excluding hydrogens is 286 g/mol. The summed E-state index contributed by atoms with van der Waals surface area (Å²) in [7, 11) is 0. The first-order chi connectivity index (χ1) is 10.1. The number of carbonyl (C=O) groups excluding carboxylic acids is 1. The highest BCUT2D eigenvalue weighted by Gasteiger charge is 2.47. The number of thiophene rings is 1. The molecule has 1 aromatic heterocycles. The highest BCUT2D eigenvalue weighted by atomic mass is 32.1. The zero-order valence-corrected chi connectivity index (χ0v) is 13.1. The van der Waals surface area contributed by atoms with Crippen molar-refractivity contribution >= 4 is 23.2 Å². The van der Waals surface area contributed by atoms with Crippen LogP contribution in [0.15, 0.2) is 11.4 Å². The van der Waals surface area contributed by atoms with E-state index < -0.39 is 11.4 Å². The van der Waals surface area contributed by atoms with E-state index in [0.717, 1.165) is 25.8 Å². The molecule has 1 aliphatic carbocycles. The molecule has 1 unspecified atom stereocenters. The van der Waals surface area contributed by atoms with Crippen molar-refractivity contribution in [3.63, 3.8) is 0 Å². The second-order valence-corrected chi connectivity index (χ2v) is 7.18. The van der Waals surface area contributed by atoms with E-state index in [-0.39, 0.29) is 18.4 Å². The van der Waals surface area contributed by atoms with Crippen LogP contribution in [0.3, 0.4) is 0 Å². The molecule has 21 heavy (non-hydrogen) atoms. The van der Waals surface area contributed by atoms with Crippen LogP contribution in [0.25, 0.3) is 0 Å². The molecule has 0 bridgehead atoms. The van der Waals surface area contributed by atoms with Crippen molar-refractivity contribution in [2.75, 3.05) is 6.54 Å². The van der Waals surface area contributed by atoms with E-state index in [0.29, 0.717) is 12.8 Å². The molecule has 1 aliphatic heterocycles. The number of hydrogen-bond donors (Lipinski definition) is 1. The highest BCUT2D eigenvalue weighted by molar-refractivity contribution is 7.10. The summed E-state index contributed by atoms with van der Waals surface area (Å²) in [4.78, 5) is 27.4. The van der Waals surface area contributed by atoms with E-state index >= 15 is 0 Å². The van der Waals surface area contributed by atoms with Crippen LogP contribution in [0, 0.1) is 5.41 Å². The molecule has 0 aromatic carbocycles. The lowest BCUT2D eigenvalue weighted by atomic mass is 9.66. The third-order valence-corrected chi connectivity index (χ3v) is 6.05. The van der Waals surface area contributed by atoms with Gasteiger partial charge in [-0.2, -0.15) is 0 Å². The number of hydrogen-bond acceptors (Lipinski definition) is 3. The summed E-state index contributed by atoms with van der Waals surface area (Å²) in [6.45, 7) is 2.81. The fraction of sp³-hybridized carbons (Fsp3) is 0.625. The van der Waals surface area contributed by atoms with E-state index in [1.165, 1.54) is 10.4 Å². The summed E-state index contributed by atoms with van der Waals surface area (Å²) >= 11 is 1.76. The SMILES string of the molecule is CCC1c2ccsc2CCN1C(=O)CC1(C(=O)O)CCC1. The minimum atomic E-state index is -0.802. The molecule has 4 nitrogen and oxygen atoms in total. The lowest BCUT2D eigenvalue weighted by Crippen LogP contribution is -2.46. The second-order valence-electron chi connectivity index (χ2n) is 6.18. The molecule has 1 N–H and O–H groups in total. The lowest BCUT2D eigenvalue weighted by molar-refractivity contribution is -0.160. The first-order valence-electron chi connectivity index (χ1n) is 7.66. The average Bonchev–Trinajstić information content (AvgIpc) is 2.89. The Morgan fingerprint density at radius 3 is 2.81 bits per heavy atom. The van der Waals surface area contributed by atoms with Gasteiger partial charge in [-0.1, -0.05) is 13.3 Å². The van der Waals surface area contributed by atoms with Crippen molar-refractivity contribution in [1.29, 1.82) is 0 Å². The molecule has 0 spiro atoms. The maximum Gasteiger partial charge on any atom is 0.310 e. The Kier molecular flexibility index (Phi) is 3.78. The molecule has 114 valence electrons. The molecule has 2 aliphatic rings. The zero-order chi connectivity index (χ0) is 15.0. The van der Waals surface area contributed by atoms with Crippen molar-refractivity contribution in [3.05, 3.63) is 21.9 Å². The predicted octanol–water partition coefficient (Wildman–Crippen LogP) is 3.23. The molecule has 0 saturated heterocycles. The Morgan fingerprint density at radius 1 is 1.48 bits per heavy atom. The van der Waals surface area contributed by atoms with Gasteiger partial charge in [-0.15, -0.1) is 11.3 Å². The van der Waals surface area contributed by atoms with Crippen LogP contribution in [0.1, 0.15) is 55.5 Å². The van der Waals surface area contributed by atoms with Crippen LogP contribution in [0.2, 0.25) is 0 Å². The molecule has 2 heterocycles. The Hall–Kier alpha value is -1.36. The van der Waals surface area contributed by atoms with Gasteiger partial charge in [0, 0.05) is 17.8 Å². The van der Waals surface area contributed by atoms with E-state index in [9.17, 15) is 14.7 Å². The quantitative estimate of drug-likeness (QED) is 0.929. The number of fused-ring (bicyclic) bond motifs is 1. The topological polar surface area (TPSA) is 57.6 Å². The highest BCUT2D eigenvalue weighted by Crippen LogP contribution is 2.45. The van der Waals surface area contributed by atoms with Gasteiger partial charge in [0.25, 0.3) is 0 Å². The predicted molar refractivity (Wildman–Crippen MR) is 81.3 cm³/mol. The number of carbonyl (C=O) groups is 2. The summed E-state index contributed by atoms with van der Waals surface area (Å²) in [6.07, 6.45) is 4.15. The monoisotopic (exact) mass is 307 g/mol. The number of nitrogens with zero attached hydrogens (tertiary/aromatic N) is 1. The van der Waals surface area contributed by atoms with Crippen LogP contribution >= 0.6 is 11.3 Å². The molecule has 1 fully saturated rings. The van der Waals surface area contributed by atoms with Crippen LogP contribution in [-0.2, 0) is 16.0 Å².